The van der Waals surface area contributed by atoms with E-state index in [1.807, 2.05) is 30.8 Å². The van der Waals surface area contributed by atoms with Gasteiger partial charge in [0, 0.05) is 46.3 Å². The van der Waals surface area contributed by atoms with Crippen LogP contribution in [-0.2, 0) is 6.54 Å². The van der Waals surface area contributed by atoms with Gasteiger partial charge in [0.2, 0.25) is 0 Å². The van der Waals surface area contributed by atoms with Crippen LogP contribution in [0.2, 0.25) is 0 Å². The smallest absolute Gasteiger partial charge is 0.193 e. The molecule has 1 aliphatic heterocycles. The molecular weight excluding hydrogens is 483 g/mol. The van der Waals surface area contributed by atoms with E-state index >= 15 is 0 Å². The number of guanidine groups is 1. The lowest BCUT2D eigenvalue weighted by atomic mass is 10.3. The van der Waals surface area contributed by atoms with Crippen molar-refractivity contribution in [3.05, 3.63) is 48.1 Å². The van der Waals surface area contributed by atoms with E-state index in [4.69, 9.17) is 0 Å². The third kappa shape index (κ3) is 4.78. The van der Waals surface area contributed by atoms with Crippen LogP contribution in [0.4, 0.5) is 5.00 Å². The number of imidazole rings is 1. The Morgan fingerprint density at radius 3 is 2.71 bits per heavy atom. The highest BCUT2D eigenvalue weighted by Crippen LogP contribution is 2.22. The molecule has 0 saturated carbocycles. The molecule has 0 radical (unpaired) electrons. The molecule has 1 aromatic carbocycles. The normalized spacial score (nSPS) is 15.0. The summed E-state index contributed by atoms with van der Waals surface area (Å²) in [4.78, 5) is 13.8. The van der Waals surface area contributed by atoms with Gasteiger partial charge in [-0.25, -0.2) is 4.98 Å². The van der Waals surface area contributed by atoms with Crippen molar-refractivity contribution >= 4 is 57.3 Å². The fourth-order valence-corrected chi connectivity index (χ4v) is 4.34. The zero-order chi connectivity index (χ0) is 18.5. The first-order valence-corrected chi connectivity index (χ1v) is 10.4. The summed E-state index contributed by atoms with van der Waals surface area (Å²) in [7, 11) is 1.87. The van der Waals surface area contributed by atoms with E-state index in [2.05, 4.69) is 65.4 Å². The van der Waals surface area contributed by atoms with E-state index in [-0.39, 0.29) is 24.0 Å². The molecule has 2 aromatic heterocycles. The van der Waals surface area contributed by atoms with Gasteiger partial charge in [0.15, 0.2) is 5.96 Å². The van der Waals surface area contributed by atoms with Crippen molar-refractivity contribution in [2.45, 2.75) is 13.0 Å². The molecule has 0 atom stereocenters. The molecule has 0 spiro atoms. The number of anilines is 1. The number of thiophene rings is 1. The average molecular weight is 510 g/mol. The summed E-state index contributed by atoms with van der Waals surface area (Å²) in [5, 5.41) is 7.04. The predicted octanol–water partition coefficient (Wildman–Crippen LogP) is 3.50. The number of nitrogens with zero attached hydrogens (tertiary/aromatic N) is 5. The minimum atomic E-state index is 0. The molecule has 6 nitrogen and oxygen atoms in total. The molecule has 8 heteroatoms. The molecule has 1 fully saturated rings. The van der Waals surface area contributed by atoms with Crippen LogP contribution in [-0.4, -0.2) is 60.2 Å². The number of aromatic nitrogens is 2. The van der Waals surface area contributed by atoms with Crippen LogP contribution in [0, 0.1) is 0 Å². The summed E-state index contributed by atoms with van der Waals surface area (Å²) in [6, 6.07) is 12.6. The summed E-state index contributed by atoms with van der Waals surface area (Å²) in [5.74, 6) is 1.01. The van der Waals surface area contributed by atoms with Crippen molar-refractivity contribution in [1.29, 1.82) is 0 Å². The van der Waals surface area contributed by atoms with Gasteiger partial charge in [0.05, 0.1) is 22.4 Å². The second kappa shape index (κ2) is 10.1. The van der Waals surface area contributed by atoms with Crippen molar-refractivity contribution < 1.29 is 0 Å². The van der Waals surface area contributed by atoms with Gasteiger partial charge in [-0.3, -0.25) is 4.99 Å². The highest BCUT2D eigenvalue weighted by Gasteiger charge is 2.20. The maximum absolute atomic E-state index is 4.48. The number of fused-ring (bicyclic) bond motifs is 1. The molecule has 0 bridgehead atoms. The Hall–Kier alpha value is -1.81. The number of nitrogens with one attached hydrogen (secondary N) is 1. The molecular formula is C20H27IN6S. The molecule has 1 aliphatic rings. The standard InChI is InChI=1S/C20H26N6S.HI/c1-21-20(25-13-11-24(12-14-25)19-8-4-15-27-19)22-9-5-10-26-16-23-17-6-2-3-7-18(17)26;/h2-4,6-8,15-16H,5,9-14H2,1H3,(H,21,22);1H. The number of hydrogen-bond acceptors (Lipinski definition) is 4. The lowest BCUT2D eigenvalue weighted by Gasteiger charge is -2.37. The molecule has 1 N–H and O–H groups in total. The van der Waals surface area contributed by atoms with E-state index in [0.717, 1.165) is 57.2 Å². The number of aryl methyl sites for hydroxylation is 1. The van der Waals surface area contributed by atoms with Gasteiger partial charge in [0.1, 0.15) is 0 Å². The van der Waals surface area contributed by atoms with Gasteiger partial charge in [-0.1, -0.05) is 12.1 Å². The molecule has 3 aromatic rings. The maximum atomic E-state index is 4.48. The Morgan fingerprint density at radius 1 is 1.14 bits per heavy atom. The Morgan fingerprint density at radius 2 is 1.96 bits per heavy atom. The average Bonchev–Trinajstić information content (AvgIpc) is 3.39. The number of aliphatic imine (C=N–C) groups is 1. The zero-order valence-corrected chi connectivity index (χ0v) is 19.3. The Bertz CT molecular complexity index is 883. The first kappa shape index (κ1) is 20.9. The summed E-state index contributed by atoms with van der Waals surface area (Å²) in [6.45, 7) is 5.96. The first-order valence-electron chi connectivity index (χ1n) is 9.49. The number of benzene rings is 1. The zero-order valence-electron chi connectivity index (χ0n) is 16.1. The van der Waals surface area contributed by atoms with Crippen molar-refractivity contribution in [3.8, 4) is 0 Å². The SMILES string of the molecule is CN=C(NCCCn1cnc2ccccc21)N1CCN(c2cccs2)CC1.I. The molecule has 4 rings (SSSR count). The molecule has 150 valence electrons. The quantitative estimate of drug-likeness (QED) is 0.247. The van der Waals surface area contributed by atoms with E-state index < -0.39 is 0 Å². The Labute approximate surface area is 187 Å². The summed E-state index contributed by atoms with van der Waals surface area (Å²) in [6.07, 6.45) is 2.97. The monoisotopic (exact) mass is 510 g/mol. The molecule has 0 amide bonds. The van der Waals surface area contributed by atoms with Crippen LogP contribution < -0.4 is 10.2 Å². The van der Waals surface area contributed by atoms with Crippen LogP contribution in [0.5, 0.6) is 0 Å². The molecule has 28 heavy (non-hydrogen) atoms. The third-order valence-electron chi connectivity index (χ3n) is 5.00. The first-order chi connectivity index (χ1) is 13.3. The molecule has 3 heterocycles. The van der Waals surface area contributed by atoms with Gasteiger partial charge in [0.25, 0.3) is 0 Å². The number of hydrogen-bond donors (Lipinski definition) is 1. The largest absolute Gasteiger partial charge is 0.360 e. The van der Waals surface area contributed by atoms with Crippen LogP contribution in [0.3, 0.4) is 0 Å². The minimum absolute atomic E-state index is 0. The molecule has 0 unspecified atom stereocenters. The highest BCUT2D eigenvalue weighted by atomic mass is 127. The Balaban J connectivity index is 0.00000225. The topological polar surface area (TPSA) is 48.7 Å². The predicted molar refractivity (Wildman–Crippen MR) is 129 cm³/mol. The lowest BCUT2D eigenvalue weighted by Crippen LogP contribution is -2.52. The summed E-state index contributed by atoms with van der Waals surface area (Å²) in [5.41, 5.74) is 2.26. The van der Waals surface area contributed by atoms with Crippen molar-refractivity contribution in [3.63, 3.8) is 0 Å². The fourth-order valence-electron chi connectivity index (χ4n) is 3.56. The minimum Gasteiger partial charge on any atom is -0.360 e. The van der Waals surface area contributed by atoms with Gasteiger partial charge in [-0.05, 0) is 36.1 Å². The number of para-hydroxylation sites is 2. The van der Waals surface area contributed by atoms with Gasteiger partial charge >= 0.3 is 0 Å². The van der Waals surface area contributed by atoms with Crippen LogP contribution in [0.1, 0.15) is 6.42 Å². The molecule has 1 saturated heterocycles. The third-order valence-corrected chi connectivity index (χ3v) is 5.92. The Kier molecular flexibility index (Phi) is 7.55. The fraction of sp³-hybridized carbons (Fsp3) is 0.400. The second-order valence-electron chi connectivity index (χ2n) is 6.68. The highest BCUT2D eigenvalue weighted by molar-refractivity contribution is 14.0. The summed E-state index contributed by atoms with van der Waals surface area (Å²) < 4.78 is 2.22. The van der Waals surface area contributed by atoms with Gasteiger partial charge in [-0.15, -0.1) is 35.3 Å². The van der Waals surface area contributed by atoms with Crippen LogP contribution in [0.15, 0.2) is 53.1 Å². The van der Waals surface area contributed by atoms with E-state index in [0.29, 0.717) is 0 Å². The molecule has 0 aliphatic carbocycles. The maximum Gasteiger partial charge on any atom is 0.193 e. The van der Waals surface area contributed by atoms with Crippen LogP contribution >= 0.6 is 35.3 Å². The van der Waals surface area contributed by atoms with E-state index in [9.17, 15) is 0 Å². The summed E-state index contributed by atoms with van der Waals surface area (Å²) >= 11 is 1.82. The number of rotatable bonds is 5. The van der Waals surface area contributed by atoms with E-state index in [1.54, 1.807) is 0 Å². The van der Waals surface area contributed by atoms with Gasteiger partial charge in [-0.2, -0.15) is 0 Å². The number of halogens is 1. The second-order valence-corrected chi connectivity index (χ2v) is 7.61. The van der Waals surface area contributed by atoms with Crippen molar-refractivity contribution in [2.24, 2.45) is 4.99 Å². The lowest BCUT2D eigenvalue weighted by molar-refractivity contribution is 0.373. The van der Waals surface area contributed by atoms with Crippen LogP contribution in [0.25, 0.3) is 11.0 Å². The van der Waals surface area contributed by atoms with Crippen molar-refractivity contribution in [2.75, 3.05) is 44.7 Å². The number of piperazine rings is 1. The van der Waals surface area contributed by atoms with Gasteiger partial charge < -0.3 is 19.7 Å². The van der Waals surface area contributed by atoms with E-state index in [1.165, 1.54) is 10.5 Å². The van der Waals surface area contributed by atoms with Crippen molar-refractivity contribution in [1.82, 2.24) is 19.8 Å².